The molecule has 0 radical (unpaired) electrons. The van der Waals surface area contributed by atoms with Gasteiger partial charge in [0.2, 0.25) is 0 Å². The summed E-state index contributed by atoms with van der Waals surface area (Å²) in [6, 6.07) is 15.4. The molecular formula is C20H21N3O2. The molecule has 0 aromatic heterocycles. The summed E-state index contributed by atoms with van der Waals surface area (Å²) >= 11 is 0. The normalized spacial score (nSPS) is 19.8. The summed E-state index contributed by atoms with van der Waals surface area (Å²) < 4.78 is 0. The molecule has 1 saturated carbocycles. The van der Waals surface area contributed by atoms with Crippen LogP contribution in [-0.2, 0) is 0 Å². The summed E-state index contributed by atoms with van der Waals surface area (Å²) in [6.07, 6.45) is 2.86. The first-order chi connectivity index (χ1) is 12.1. The third-order valence-electron chi connectivity index (χ3n) is 4.70. The van der Waals surface area contributed by atoms with Crippen molar-refractivity contribution in [1.82, 2.24) is 0 Å². The molecular weight excluding hydrogens is 314 g/mol. The Labute approximate surface area is 147 Å². The van der Waals surface area contributed by atoms with Gasteiger partial charge >= 0.3 is 0 Å². The fraction of sp³-hybridized carbons (Fsp3) is 0.300. The van der Waals surface area contributed by atoms with Crippen LogP contribution in [0.3, 0.4) is 0 Å². The number of anilines is 1. The van der Waals surface area contributed by atoms with Gasteiger partial charge in [0, 0.05) is 17.3 Å². The van der Waals surface area contributed by atoms with Gasteiger partial charge in [-0.05, 0) is 37.3 Å². The van der Waals surface area contributed by atoms with Gasteiger partial charge in [0.05, 0.1) is 17.2 Å². The minimum Gasteiger partial charge on any atom is -0.393 e. The number of amides is 1. The summed E-state index contributed by atoms with van der Waals surface area (Å²) in [5, 5.41) is 22.6. The van der Waals surface area contributed by atoms with Crippen molar-refractivity contribution in [3.63, 3.8) is 0 Å². The maximum absolute atomic E-state index is 12.1. The summed E-state index contributed by atoms with van der Waals surface area (Å²) in [7, 11) is 0. The van der Waals surface area contributed by atoms with Gasteiger partial charge in [0.25, 0.3) is 5.91 Å². The number of nitrogens with two attached hydrogens (primary N) is 1. The van der Waals surface area contributed by atoms with Crippen LogP contribution in [0.15, 0.2) is 42.5 Å². The number of hydrogen-bond donors (Lipinski definition) is 3. The monoisotopic (exact) mass is 335 g/mol. The van der Waals surface area contributed by atoms with Crippen molar-refractivity contribution in [2.75, 3.05) is 5.32 Å². The molecule has 1 amide bonds. The summed E-state index contributed by atoms with van der Waals surface area (Å²) in [5.41, 5.74) is 8.27. The second-order valence-electron chi connectivity index (χ2n) is 6.40. The number of benzene rings is 2. The first kappa shape index (κ1) is 17.0. The van der Waals surface area contributed by atoms with Crippen LogP contribution in [0.5, 0.6) is 0 Å². The van der Waals surface area contributed by atoms with Crippen LogP contribution in [0.25, 0.3) is 11.1 Å². The van der Waals surface area contributed by atoms with Crippen molar-refractivity contribution < 1.29 is 9.90 Å². The van der Waals surface area contributed by atoms with Gasteiger partial charge in [-0.3, -0.25) is 4.79 Å². The molecule has 25 heavy (non-hydrogen) atoms. The Balaban J connectivity index is 2.00. The summed E-state index contributed by atoms with van der Waals surface area (Å²) in [4.78, 5) is 12.1. The molecule has 2 aromatic carbocycles. The molecule has 1 fully saturated rings. The van der Waals surface area contributed by atoms with Crippen LogP contribution < -0.4 is 11.1 Å². The number of primary amides is 1. The van der Waals surface area contributed by atoms with Gasteiger partial charge < -0.3 is 16.2 Å². The SMILES string of the molecule is N#Cc1c(-c2ccccc2)ccc(NC2CCC(O)CC2)c1C(N)=O. The van der Waals surface area contributed by atoms with E-state index in [1.807, 2.05) is 42.5 Å². The van der Waals surface area contributed by atoms with Crippen LogP contribution in [0.2, 0.25) is 0 Å². The Morgan fingerprint density at radius 3 is 2.40 bits per heavy atom. The van der Waals surface area contributed by atoms with Crippen molar-refractivity contribution in [2.24, 2.45) is 5.73 Å². The van der Waals surface area contributed by atoms with Crippen LogP contribution in [0, 0.1) is 11.3 Å². The minimum absolute atomic E-state index is 0.163. The van der Waals surface area contributed by atoms with E-state index in [4.69, 9.17) is 5.73 Å². The highest BCUT2D eigenvalue weighted by Crippen LogP contribution is 2.32. The molecule has 3 rings (SSSR count). The third-order valence-corrected chi connectivity index (χ3v) is 4.70. The maximum Gasteiger partial charge on any atom is 0.252 e. The fourth-order valence-electron chi connectivity index (χ4n) is 3.39. The molecule has 2 aromatic rings. The Morgan fingerprint density at radius 1 is 1.12 bits per heavy atom. The number of nitrogens with one attached hydrogen (secondary N) is 1. The second kappa shape index (κ2) is 7.37. The highest BCUT2D eigenvalue weighted by Gasteiger charge is 2.23. The number of rotatable bonds is 4. The number of carbonyl (C=O) groups is 1. The van der Waals surface area contributed by atoms with Crippen LogP contribution in [-0.4, -0.2) is 23.2 Å². The van der Waals surface area contributed by atoms with Crippen molar-refractivity contribution in [3.05, 3.63) is 53.6 Å². The summed E-state index contributed by atoms with van der Waals surface area (Å²) in [6.45, 7) is 0. The molecule has 0 atom stereocenters. The van der Waals surface area contributed by atoms with E-state index in [9.17, 15) is 15.2 Å². The predicted molar refractivity (Wildman–Crippen MR) is 97.0 cm³/mol. The smallest absolute Gasteiger partial charge is 0.252 e. The molecule has 1 aliphatic carbocycles. The number of nitriles is 1. The van der Waals surface area contributed by atoms with E-state index in [0.29, 0.717) is 16.8 Å². The van der Waals surface area contributed by atoms with E-state index in [1.165, 1.54) is 0 Å². The van der Waals surface area contributed by atoms with Crippen LogP contribution >= 0.6 is 0 Å². The lowest BCUT2D eigenvalue weighted by Gasteiger charge is -2.28. The first-order valence-corrected chi connectivity index (χ1v) is 8.47. The quantitative estimate of drug-likeness (QED) is 0.799. The second-order valence-corrected chi connectivity index (χ2v) is 6.40. The lowest BCUT2D eigenvalue weighted by Crippen LogP contribution is -2.29. The van der Waals surface area contributed by atoms with Gasteiger partial charge in [-0.1, -0.05) is 36.4 Å². The molecule has 4 N–H and O–H groups in total. The van der Waals surface area contributed by atoms with E-state index in [1.54, 1.807) is 0 Å². The number of carbonyl (C=O) groups excluding carboxylic acids is 1. The molecule has 128 valence electrons. The molecule has 0 unspecified atom stereocenters. The van der Waals surface area contributed by atoms with Crippen molar-refractivity contribution >= 4 is 11.6 Å². The molecule has 0 spiro atoms. The molecule has 5 heteroatoms. The van der Waals surface area contributed by atoms with Gasteiger partial charge in [-0.25, -0.2) is 0 Å². The Bertz CT molecular complexity index is 804. The van der Waals surface area contributed by atoms with Crippen molar-refractivity contribution in [1.29, 1.82) is 5.26 Å². The minimum atomic E-state index is -0.618. The number of aliphatic hydroxyl groups excluding tert-OH is 1. The van der Waals surface area contributed by atoms with Crippen LogP contribution in [0.4, 0.5) is 5.69 Å². The Hall–Kier alpha value is -2.84. The molecule has 0 saturated heterocycles. The summed E-state index contributed by atoms with van der Waals surface area (Å²) in [5.74, 6) is -0.618. The Kier molecular flexibility index (Phi) is 5.01. The average molecular weight is 335 g/mol. The van der Waals surface area contributed by atoms with E-state index in [-0.39, 0.29) is 17.7 Å². The van der Waals surface area contributed by atoms with E-state index in [0.717, 1.165) is 31.2 Å². The predicted octanol–water partition coefficient (Wildman–Crippen LogP) is 3.04. The first-order valence-electron chi connectivity index (χ1n) is 8.47. The molecule has 1 aliphatic rings. The topological polar surface area (TPSA) is 99.1 Å². The van der Waals surface area contributed by atoms with Crippen molar-refractivity contribution in [2.45, 2.75) is 37.8 Å². The van der Waals surface area contributed by atoms with E-state index in [2.05, 4.69) is 11.4 Å². The fourth-order valence-corrected chi connectivity index (χ4v) is 3.39. The van der Waals surface area contributed by atoms with Gasteiger partial charge in [0.15, 0.2) is 0 Å². The molecule has 0 bridgehead atoms. The van der Waals surface area contributed by atoms with Gasteiger partial charge in [-0.15, -0.1) is 0 Å². The largest absolute Gasteiger partial charge is 0.393 e. The lowest BCUT2D eigenvalue weighted by molar-refractivity contribution is 0.1000. The number of aliphatic hydroxyl groups is 1. The van der Waals surface area contributed by atoms with Gasteiger partial charge in [0.1, 0.15) is 6.07 Å². The van der Waals surface area contributed by atoms with Crippen molar-refractivity contribution in [3.8, 4) is 17.2 Å². The molecule has 0 heterocycles. The zero-order valence-electron chi connectivity index (χ0n) is 13.9. The number of hydrogen-bond acceptors (Lipinski definition) is 4. The highest BCUT2D eigenvalue weighted by molar-refractivity contribution is 6.03. The van der Waals surface area contributed by atoms with E-state index < -0.39 is 5.91 Å². The van der Waals surface area contributed by atoms with E-state index >= 15 is 0 Å². The zero-order valence-corrected chi connectivity index (χ0v) is 13.9. The standard InChI is InChI=1S/C20H21N3O2/c21-12-17-16(13-4-2-1-3-5-13)10-11-18(19(17)20(22)25)23-14-6-8-15(24)9-7-14/h1-5,10-11,14-15,23-24H,6-9H2,(H2,22,25). The molecule has 0 aliphatic heterocycles. The van der Waals surface area contributed by atoms with Crippen LogP contribution in [0.1, 0.15) is 41.6 Å². The Morgan fingerprint density at radius 2 is 1.80 bits per heavy atom. The number of nitrogens with zero attached hydrogens (tertiary/aromatic N) is 1. The lowest BCUT2D eigenvalue weighted by atomic mass is 9.91. The third kappa shape index (κ3) is 3.65. The molecule has 5 nitrogen and oxygen atoms in total. The zero-order chi connectivity index (χ0) is 17.8. The average Bonchev–Trinajstić information content (AvgIpc) is 2.63. The highest BCUT2D eigenvalue weighted by atomic mass is 16.3. The van der Waals surface area contributed by atoms with Gasteiger partial charge in [-0.2, -0.15) is 5.26 Å². The maximum atomic E-state index is 12.1.